The highest BCUT2D eigenvalue weighted by Crippen LogP contribution is 2.16. The molecule has 1 saturated heterocycles. The lowest BCUT2D eigenvalue weighted by atomic mass is 10.0. The standard InChI is InChI=1S/C14H26N2O4/c1-11(12-7-9-20-10-12)16-14(19)15-8-5-3-2-4-6-13(17)18/h11-12H,2-10H2,1H3,(H,17,18)(H2,15,16,19). The molecule has 0 spiro atoms. The topological polar surface area (TPSA) is 87.7 Å². The van der Waals surface area contributed by atoms with Gasteiger partial charge in [-0.05, 0) is 26.2 Å². The molecule has 0 radical (unpaired) electrons. The number of urea groups is 1. The van der Waals surface area contributed by atoms with Crippen LogP contribution in [0.1, 0.15) is 45.4 Å². The molecule has 0 aromatic rings. The fraction of sp³-hybridized carbons (Fsp3) is 0.857. The number of hydrogen-bond donors (Lipinski definition) is 3. The predicted octanol–water partition coefficient (Wildman–Crippen LogP) is 1.75. The molecule has 1 rings (SSSR count). The molecule has 1 fully saturated rings. The van der Waals surface area contributed by atoms with E-state index in [1.807, 2.05) is 6.92 Å². The minimum Gasteiger partial charge on any atom is -0.481 e. The van der Waals surface area contributed by atoms with Crippen molar-refractivity contribution in [2.75, 3.05) is 19.8 Å². The van der Waals surface area contributed by atoms with E-state index in [0.29, 0.717) is 18.9 Å². The van der Waals surface area contributed by atoms with E-state index in [1.54, 1.807) is 0 Å². The van der Waals surface area contributed by atoms with Crippen LogP contribution in [0.15, 0.2) is 0 Å². The molecule has 0 saturated carbocycles. The molecule has 2 atom stereocenters. The molecular weight excluding hydrogens is 260 g/mol. The fourth-order valence-corrected chi connectivity index (χ4v) is 2.28. The van der Waals surface area contributed by atoms with Crippen molar-refractivity contribution in [3.8, 4) is 0 Å². The van der Waals surface area contributed by atoms with Crippen molar-refractivity contribution in [1.29, 1.82) is 0 Å². The minimum atomic E-state index is -0.743. The predicted molar refractivity (Wildman–Crippen MR) is 75.6 cm³/mol. The number of carboxylic acids is 1. The van der Waals surface area contributed by atoms with E-state index in [4.69, 9.17) is 9.84 Å². The van der Waals surface area contributed by atoms with E-state index in [2.05, 4.69) is 10.6 Å². The summed E-state index contributed by atoms with van der Waals surface area (Å²) >= 11 is 0. The third-order valence-corrected chi connectivity index (χ3v) is 3.63. The van der Waals surface area contributed by atoms with Gasteiger partial charge in [0.15, 0.2) is 0 Å². The summed E-state index contributed by atoms with van der Waals surface area (Å²) in [6.45, 7) is 4.15. The van der Waals surface area contributed by atoms with E-state index < -0.39 is 5.97 Å². The molecule has 116 valence electrons. The molecule has 0 aromatic heterocycles. The zero-order chi connectivity index (χ0) is 14.8. The SMILES string of the molecule is CC(NC(=O)NCCCCCCC(=O)O)C1CCOC1. The summed E-state index contributed by atoms with van der Waals surface area (Å²) in [4.78, 5) is 22.0. The van der Waals surface area contributed by atoms with Crippen LogP contribution in [0.5, 0.6) is 0 Å². The fourth-order valence-electron chi connectivity index (χ4n) is 2.28. The Morgan fingerprint density at radius 3 is 2.70 bits per heavy atom. The lowest BCUT2D eigenvalue weighted by molar-refractivity contribution is -0.137. The second-order valence-electron chi connectivity index (χ2n) is 5.37. The molecule has 1 heterocycles. The number of ether oxygens (including phenoxy) is 1. The maximum atomic E-state index is 11.6. The Kier molecular flexibility index (Phi) is 8.02. The number of carbonyl (C=O) groups is 2. The molecule has 6 nitrogen and oxygen atoms in total. The number of carboxylic acid groups (broad SMARTS) is 1. The highest BCUT2D eigenvalue weighted by atomic mass is 16.5. The number of hydrogen-bond acceptors (Lipinski definition) is 3. The summed E-state index contributed by atoms with van der Waals surface area (Å²) in [6.07, 6.45) is 4.67. The van der Waals surface area contributed by atoms with Gasteiger partial charge in [-0.2, -0.15) is 0 Å². The van der Waals surface area contributed by atoms with Gasteiger partial charge in [0, 0.05) is 31.5 Å². The molecule has 2 unspecified atom stereocenters. The largest absolute Gasteiger partial charge is 0.481 e. The molecule has 6 heteroatoms. The van der Waals surface area contributed by atoms with Gasteiger partial charge in [-0.15, -0.1) is 0 Å². The number of rotatable bonds is 9. The maximum Gasteiger partial charge on any atom is 0.315 e. The van der Waals surface area contributed by atoms with Crippen molar-refractivity contribution in [2.45, 2.75) is 51.5 Å². The van der Waals surface area contributed by atoms with E-state index >= 15 is 0 Å². The van der Waals surface area contributed by atoms with Crippen molar-refractivity contribution < 1.29 is 19.4 Å². The Morgan fingerprint density at radius 2 is 2.05 bits per heavy atom. The molecule has 0 bridgehead atoms. The van der Waals surface area contributed by atoms with Crippen molar-refractivity contribution in [3.63, 3.8) is 0 Å². The number of carbonyl (C=O) groups excluding carboxylic acids is 1. The van der Waals surface area contributed by atoms with Crippen LogP contribution < -0.4 is 10.6 Å². The Bertz CT molecular complexity index is 304. The summed E-state index contributed by atoms with van der Waals surface area (Å²) in [7, 11) is 0. The van der Waals surface area contributed by atoms with Crippen LogP contribution in [-0.4, -0.2) is 42.9 Å². The van der Waals surface area contributed by atoms with Gasteiger partial charge < -0.3 is 20.5 Å². The molecule has 3 N–H and O–H groups in total. The van der Waals surface area contributed by atoms with Gasteiger partial charge in [-0.3, -0.25) is 4.79 Å². The smallest absolute Gasteiger partial charge is 0.315 e. The quantitative estimate of drug-likeness (QED) is 0.563. The van der Waals surface area contributed by atoms with Crippen LogP contribution in [0.25, 0.3) is 0 Å². The highest BCUT2D eigenvalue weighted by Gasteiger charge is 2.23. The lowest BCUT2D eigenvalue weighted by Crippen LogP contribution is -2.44. The summed E-state index contributed by atoms with van der Waals surface area (Å²) in [5.41, 5.74) is 0. The van der Waals surface area contributed by atoms with E-state index in [-0.39, 0.29) is 18.5 Å². The first-order valence-corrected chi connectivity index (χ1v) is 7.43. The summed E-state index contributed by atoms with van der Waals surface area (Å²) < 4.78 is 5.30. The van der Waals surface area contributed by atoms with Gasteiger partial charge in [-0.1, -0.05) is 12.8 Å². The highest BCUT2D eigenvalue weighted by molar-refractivity contribution is 5.74. The van der Waals surface area contributed by atoms with E-state index in [9.17, 15) is 9.59 Å². The molecule has 0 aromatic carbocycles. The summed E-state index contributed by atoms with van der Waals surface area (Å²) in [5.74, 6) is -0.329. The Morgan fingerprint density at radius 1 is 1.30 bits per heavy atom. The molecule has 1 aliphatic rings. The van der Waals surface area contributed by atoms with Gasteiger partial charge in [0.1, 0.15) is 0 Å². The molecule has 20 heavy (non-hydrogen) atoms. The minimum absolute atomic E-state index is 0.130. The second kappa shape index (κ2) is 9.58. The van der Waals surface area contributed by atoms with Crippen molar-refractivity contribution >= 4 is 12.0 Å². The number of nitrogens with one attached hydrogen (secondary N) is 2. The van der Waals surface area contributed by atoms with Crippen LogP contribution in [-0.2, 0) is 9.53 Å². The van der Waals surface area contributed by atoms with Gasteiger partial charge in [0.2, 0.25) is 0 Å². The molecule has 1 aliphatic heterocycles. The monoisotopic (exact) mass is 286 g/mol. The van der Waals surface area contributed by atoms with Crippen LogP contribution in [0.3, 0.4) is 0 Å². The third kappa shape index (κ3) is 7.33. The second-order valence-corrected chi connectivity index (χ2v) is 5.37. The summed E-state index contributed by atoms with van der Waals surface area (Å²) in [5, 5.41) is 14.2. The first-order chi connectivity index (χ1) is 9.59. The van der Waals surface area contributed by atoms with Crippen LogP contribution in [0, 0.1) is 5.92 Å². The lowest BCUT2D eigenvalue weighted by Gasteiger charge is -2.19. The first kappa shape index (κ1) is 16.8. The van der Waals surface area contributed by atoms with Crippen molar-refractivity contribution in [1.82, 2.24) is 10.6 Å². The normalized spacial score (nSPS) is 19.6. The van der Waals surface area contributed by atoms with Gasteiger partial charge in [0.05, 0.1) is 6.61 Å². The van der Waals surface area contributed by atoms with Crippen LogP contribution in [0.4, 0.5) is 4.79 Å². The first-order valence-electron chi connectivity index (χ1n) is 7.43. The number of unbranched alkanes of at least 4 members (excludes halogenated alkanes) is 3. The van der Waals surface area contributed by atoms with Crippen molar-refractivity contribution in [3.05, 3.63) is 0 Å². The van der Waals surface area contributed by atoms with Gasteiger partial charge >= 0.3 is 12.0 Å². The van der Waals surface area contributed by atoms with Crippen LogP contribution >= 0.6 is 0 Å². The zero-order valence-electron chi connectivity index (χ0n) is 12.2. The molecule has 0 aliphatic carbocycles. The zero-order valence-corrected chi connectivity index (χ0v) is 12.2. The summed E-state index contributed by atoms with van der Waals surface area (Å²) in [6, 6.07) is 0.00278. The van der Waals surface area contributed by atoms with Crippen LogP contribution in [0.2, 0.25) is 0 Å². The van der Waals surface area contributed by atoms with E-state index in [1.165, 1.54) is 0 Å². The van der Waals surface area contributed by atoms with Crippen molar-refractivity contribution in [2.24, 2.45) is 5.92 Å². The molecule has 2 amide bonds. The van der Waals surface area contributed by atoms with Gasteiger partial charge in [0.25, 0.3) is 0 Å². The average molecular weight is 286 g/mol. The third-order valence-electron chi connectivity index (χ3n) is 3.63. The Hall–Kier alpha value is -1.30. The number of amides is 2. The Balaban J connectivity index is 1.95. The van der Waals surface area contributed by atoms with Gasteiger partial charge in [-0.25, -0.2) is 4.79 Å². The maximum absolute atomic E-state index is 11.6. The molecular formula is C14H26N2O4. The number of aliphatic carboxylic acids is 1. The Labute approximate surface area is 120 Å². The average Bonchev–Trinajstić information content (AvgIpc) is 2.91. The van der Waals surface area contributed by atoms with E-state index in [0.717, 1.165) is 38.9 Å².